The van der Waals surface area contributed by atoms with Crippen molar-refractivity contribution in [1.82, 2.24) is 4.90 Å². The van der Waals surface area contributed by atoms with Crippen LogP contribution in [-0.2, 0) is 4.79 Å². The molecule has 22 heavy (non-hydrogen) atoms. The van der Waals surface area contributed by atoms with Gasteiger partial charge in [0.1, 0.15) is 0 Å². The second kappa shape index (κ2) is 4.72. The Hall–Kier alpha value is -0.570. The molecule has 6 unspecified atom stereocenters. The minimum Gasteiger partial charge on any atom is -0.393 e. The van der Waals surface area contributed by atoms with Crippen molar-refractivity contribution < 1.29 is 9.90 Å². The van der Waals surface area contributed by atoms with Gasteiger partial charge >= 0.3 is 0 Å². The van der Waals surface area contributed by atoms with Gasteiger partial charge in [0.2, 0.25) is 5.91 Å². The highest BCUT2D eigenvalue weighted by Gasteiger charge is 2.60. The summed E-state index contributed by atoms with van der Waals surface area (Å²) in [7, 11) is 2.02. The molecule has 0 aromatic rings. The minimum atomic E-state index is -0.0837. The number of carbonyl (C=O) groups is 1. The SMILES string of the molecule is CN1C(=O)CCC2(C)C3CCC4(C)C(O)CCC4C3CC[C@@H]12. The summed E-state index contributed by atoms with van der Waals surface area (Å²) in [5.41, 5.74) is 0.473. The van der Waals surface area contributed by atoms with Crippen LogP contribution in [-0.4, -0.2) is 35.1 Å². The molecule has 0 aromatic carbocycles. The maximum atomic E-state index is 12.1. The number of likely N-dealkylation sites (tertiary alicyclic amines) is 1. The van der Waals surface area contributed by atoms with Gasteiger partial charge < -0.3 is 10.0 Å². The van der Waals surface area contributed by atoms with E-state index in [0.29, 0.717) is 23.3 Å². The van der Waals surface area contributed by atoms with Gasteiger partial charge in [0.25, 0.3) is 0 Å². The van der Waals surface area contributed by atoms with Gasteiger partial charge in [-0.1, -0.05) is 13.8 Å². The zero-order chi connectivity index (χ0) is 15.7. The molecule has 124 valence electrons. The first-order valence-electron chi connectivity index (χ1n) is 9.31. The number of amides is 1. The third-order valence-corrected chi connectivity index (χ3v) is 8.51. The zero-order valence-corrected chi connectivity index (χ0v) is 14.3. The molecule has 1 amide bonds. The van der Waals surface area contributed by atoms with Crippen LogP contribution in [0, 0.1) is 28.6 Å². The normalized spacial score (nSPS) is 54.6. The van der Waals surface area contributed by atoms with Crippen molar-refractivity contribution in [2.75, 3.05) is 7.05 Å². The molecule has 1 aliphatic heterocycles. The van der Waals surface area contributed by atoms with E-state index in [9.17, 15) is 9.90 Å². The molecule has 4 aliphatic rings. The average molecular weight is 305 g/mol. The predicted octanol–water partition coefficient (Wildman–Crippen LogP) is 3.21. The van der Waals surface area contributed by atoms with E-state index in [1.54, 1.807) is 0 Å². The fourth-order valence-corrected chi connectivity index (χ4v) is 7.12. The number of hydrogen-bond donors (Lipinski definition) is 1. The highest BCUT2D eigenvalue weighted by atomic mass is 16.3. The van der Waals surface area contributed by atoms with Gasteiger partial charge in [-0.3, -0.25) is 4.79 Å². The van der Waals surface area contributed by atoms with E-state index in [4.69, 9.17) is 0 Å². The maximum absolute atomic E-state index is 12.1. The van der Waals surface area contributed by atoms with E-state index in [-0.39, 0.29) is 11.5 Å². The van der Waals surface area contributed by atoms with Crippen molar-refractivity contribution in [2.24, 2.45) is 28.6 Å². The first-order chi connectivity index (χ1) is 10.4. The quantitative estimate of drug-likeness (QED) is 0.746. The lowest BCUT2D eigenvalue weighted by Crippen LogP contribution is -2.61. The number of carbonyl (C=O) groups excluding carboxylic acids is 1. The number of aliphatic hydroxyl groups is 1. The summed E-state index contributed by atoms with van der Waals surface area (Å²) in [6.45, 7) is 4.81. The Kier molecular flexibility index (Phi) is 3.21. The topological polar surface area (TPSA) is 40.5 Å². The third-order valence-electron chi connectivity index (χ3n) is 8.51. The summed E-state index contributed by atoms with van der Waals surface area (Å²) < 4.78 is 0. The highest BCUT2D eigenvalue weighted by molar-refractivity contribution is 5.77. The molecule has 1 saturated heterocycles. The van der Waals surface area contributed by atoms with Crippen molar-refractivity contribution in [1.29, 1.82) is 0 Å². The summed E-state index contributed by atoms with van der Waals surface area (Å²) >= 11 is 0. The monoisotopic (exact) mass is 305 g/mol. The van der Waals surface area contributed by atoms with Crippen LogP contribution in [0.1, 0.15) is 65.2 Å². The smallest absolute Gasteiger partial charge is 0.222 e. The molecule has 4 rings (SSSR count). The number of fused-ring (bicyclic) bond motifs is 5. The Bertz CT molecular complexity index is 492. The fourth-order valence-electron chi connectivity index (χ4n) is 7.12. The number of piperidine rings is 1. The van der Waals surface area contributed by atoms with Crippen LogP contribution < -0.4 is 0 Å². The van der Waals surface area contributed by atoms with Crippen molar-refractivity contribution in [3.8, 4) is 0 Å². The Balaban J connectivity index is 1.65. The van der Waals surface area contributed by atoms with Crippen LogP contribution in [0.3, 0.4) is 0 Å². The summed E-state index contributed by atoms with van der Waals surface area (Å²) in [5.74, 6) is 2.59. The van der Waals surface area contributed by atoms with Gasteiger partial charge in [-0.15, -0.1) is 0 Å². The van der Waals surface area contributed by atoms with E-state index in [1.807, 2.05) is 7.05 Å². The third kappa shape index (κ3) is 1.75. The number of aliphatic hydroxyl groups excluding tert-OH is 1. The molecular formula is C19H31NO2. The second-order valence-electron chi connectivity index (χ2n) is 9.12. The van der Waals surface area contributed by atoms with E-state index < -0.39 is 0 Å². The van der Waals surface area contributed by atoms with Crippen LogP contribution in [0.15, 0.2) is 0 Å². The molecule has 1 N–H and O–H groups in total. The lowest BCUT2D eigenvalue weighted by molar-refractivity contribution is -0.159. The summed E-state index contributed by atoms with van der Waals surface area (Å²) in [6.07, 6.45) is 8.81. The highest BCUT2D eigenvalue weighted by Crippen LogP contribution is 2.64. The second-order valence-corrected chi connectivity index (χ2v) is 9.12. The molecule has 4 fully saturated rings. The van der Waals surface area contributed by atoms with Gasteiger partial charge in [-0.25, -0.2) is 0 Å². The minimum absolute atomic E-state index is 0.0837. The van der Waals surface area contributed by atoms with Gasteiger partial charge in [0, 0.05) is 19.5 Å². The molecule has 3 nitrogen and oxygen atoms in total. The predicted molar refractivity (Wildman–Crippen MR) is 86.2 cm³/mol. The van der Waals surface area contributed by atoms with E-state index in [2.05, 4.69) is 18.7 Å². The molecule has 0 spiro atoms. The fraction of sp³-hybridized carbons (Fsp3) is 0.947. The van der Waals surface area contributed by atoms with Crippen LogP contribution in [0.5, 0.6) is 0 Å². The zero-order valence-electron chi connectivity index (χ0n) is 14.3. The average Bonchev–Trinajstić information content (AvgIpc) is 2.79. The van der Waals surface area contributed by atoms with Gasteiger partial charge in [-0.2, -0.15) is 0 Å². The van der Waals surface area contributed by atoms with Gasteiger partial charge in [-0.05, 0) is 73.5 Å². The molecule has 0 bridgehead atoms. The lowest BCUT2D eigenvalue weighted by Gasteiger charge is -2.61. The van der Waals surface area contributed by atoms with Crippen LogP contribution >= 0.6 is 0 Å². The molecule has 0 radical (unpaired) electrons. The summed E-state index contributed by atoms with van der Waals surface area (Å²) in [4.78, 5) is 14.2. The molecule has 3 heteroatoms. The van der Waals surface area contributed by atoms with Crippen molar-refractivity contribution in [3.05, 3.63) is 0 Å². The van der Waals surface area contributed by atoms with E-state index >= 15 is 0 Å². The molecule has 1 heterocycles. The molecule has 0 aromatic heterocycles. The lowest BCUT2D eigenvalue weighted by atomic mass is 9.47. The largest absolute Gasteiger partial charge is 0.393 e. The van der Waals surface area contributed by atoms with Crippen LogP contribution in [0.4, 0.5) is 0 Å². The first-order valence-corrected chi connectivity index (χ1v) is 9.31. The molecule has 3 saturated carbocycles. The number of rotatable bonds is 0. The van der Waals surface area contributed by atoms with Crippen molar-refractivity contribution >= 4 is 5.91 Å². The van der Waals surface area contributed by atoms with Crippen LogP contribution in [0.2, 0.25) is 0 Å². The molecule has 7 atom stereocenters. The summed E-state index contributed by atoms with van der Waals surface area (Å²) in [6, 6.07) is 0.450. The van der Waals surface area contributed by atoms with Gasteiger partial charge in [0.15, 0.2) is 0 Å². The van der Waals surface area contributed by atoms with Gasteiger partial charge in [0.05, 0.1) is 6.10 Å². The Morgan fingerprint density at radius 1 is 1.00 bits per heavy atom. The summed E-state index contributed by atoms with van der Waals surface area (Å²) in [5, 5.41) is 10.5. The number of hydrogen-bond acceptors (Lipinski definition) is 2. The van der Waals surface area contributed by atoms with Crippen molar-refractivity contribution in [3.63, 3.8) is 0 Å². The standard InChI is InChI=1S/C19H31NO2/c1-18-11-9-17(22)20(3)15(18)6-4-12-13-5-7-16(21)19(13,2)10-8-14(12)18/h12-16,21H,4-11H2,1-3H3/t12?,13?,14?,15-,16?,18?,19?/m1/s1. The molecular weight excluding hydrogens is 274 g/mol. The molecule has 3 aliphatic carbocycles. The number of nitrogens with zero attached hydrogens (tertiary/aromatic N) is 1. The van der Waals surface area contributed by atoms with E-state index in [1.165, 1.54) is 32.1 Å². The van der Waals surface area contributed by atoms with Crippen molar-refractivity contribution in [2.45, 2.75) is 77.4 Å². The Labute approximate surface area is 134 Å². The Morgan fingerprint density at radius 2 is 1.73 bits per heavy atom. The maximum Gasteiger partial charge on any atom is 0.222 e. The van der Waals surface area contributed by atoms with E-state index in [0.717, 1.165) is 31.1 Å². The van der Waals surface area contributed by atoms with Crippen LogP contribution in [0.25, 0.3) is 0 Å². The first kappa shape index (κ1) is 15.0. The Morgan fingerprint density at radius 3 is 2.50 bits per heavy atom.